The number of hydrogen-bond acceptors (Lipinski definition) is 12. The summed E-state index contributed by atoms with van der Waals surface area (Å²) in [5, 5.41) is 26.8. The van der Waals surface area contributed by atoms with Gasteiger partial charge in [-0.1, -0.05) is 48.8 Å². The molecule has 23 heteroatoms. The molecule has 0 spiro atoms. The fraction of sp³-hybridized carbons (Fsp3) is 0.357. The monoisotopic (exact) mass is 964 g/mol. The summed E-state index contributed by atoms with van der Waals surface area (Å²) in [5.74, 6) is -0.192. The van der Waals surface area contributed by atoms with Gasteiger partial charge in [0.2, 0.25) is 0 Å². The SMILES string of the molecule is CC(C)C(O)(Cn1cncn1)c1ccc(Oc2ccc(Cl)cc2)cc1C(F)(F)F.S=C([S-])NCCNC(=S)[S-].S=C([S-])NCCNC(=S)[S-].[Mn+2].[Zn+2]. The van der Waals surface area contributed by atoms with Crippen molar-refractivity contribution in [3.8, 4) is 11.5 Å². The van der Waals surface area contributed by atoms with Gasteiger partial charge in [-0.05, 0) is 47.9 Å². The van der Waals surface area contributed by atoms with Gasteiger partial charge in [-0.3, -0.25) is 0 Å². The molecular weight excluding hydrogens is 936 g/mol. The molecule has 51 heavy (non-hydrogen) atoms. The van der Waals surface area contributed by atoms with Crippen LogP contribution in [0.15, 0.2) is 55.1 Å². The molecule has 0 bridgehead atoms. The predicted octanol–water partition coefficient (Wildman–Crippen LogP) is 4.94. The zero-order chi connectivity index (χ0) is 37.2. The molecule has 1 aromatic heterocycles. The van der Waals surface area contributed by atoms with E-state index in [1.807, 2.05) is 0 Å². The summed E-state index contributed by atoms with van der Waals surface area (Å²) in [5.41, 5.74) is -3.04. The van der Waals surface area contributed by atoms with Crippen LogP contribution >= 0.6 is 60.5 Å². The van der Waals surface area contributed by atoms with Crippen LogP contribution in [-0.4, -0.2) is 63.3 Å². The van der Waals surface area contributed by atoms with Crippen molar-refractivity contribution < 1.29 is 59.6 Å². The Bertz CT molecular complexity index is 1450. The van der Waals surface area contributed by atoms with Crippen molar-refractivity contribution in [1.82, 2.24) is 36.0 Å². The van der Waals surface area contributed by atoms with Gasteiger partial charge in [0.1, 0.15) is 29.8 Å². The van der Waals surface area contributed by atoms with E-state index in [4.69, 9.17) is 16.3 Å². The Morgan fingerprint density at radius 1 is 0.824 bits per heavy atom. The van der Waals surface area contributed by atoms with Gasteiger partial charge in [0.25, 0.3) is 0 Å². The summed E-state index contributed by atoms with van der Waals surface area (Å²) >= 11 is 42.5. The van der Waals surface area contributed by atoms with E-state index in [0.29, 0.717) is 54.2 Å². The van der Waals surface area contributed by atoms with Gasteiger partial charge in [0.05, 0.1) is 12.1 Å². The molecule has 1 atom stereocenters. The molecule has 0 saturated carbocycles. The molecule has 1 unspecified atom stereocenters. The second-order valence-corrected chi connectivity index (χ2v) is 14.5. The van der Waals surface area contributed by atoms with Crippen LogP contribution in [-0.2, 0) is 105 Å². The van der Waals surface area contributed by atoms with Gasteiger partial charge in [0, 0.05) is 31.2 Å². The molecule has 9 nitrogen and oxygen atoms in total. The third-order valence-corrected chi connectivity index (χ3v) is 7.37. The van der Waals surface area contributed by atoms with E-state index in [0.717, 1.165) is 6.07 Å². The molecule has 0 saturated heterocycles. The maximum absolute atomic E-state index is 13.9. The maximum atomic E-state index is 13.9. The van der Waals surface area contributed by atoms with Gasteiger partial charge in [-0.25, -0.2) is 9.67 Å². The average Bonchev–Trinajstić information content (AvgIpc) is 3.51. The number of benzene rings is 2. The number of hydrogen-bond donors (Lipinski definition) is 5. The smallest absolute Gasteiger partial charge is 0.457 e. The second kappa shape index (κ2) is 26.7. The van der Waals surface area contributed by atoms with Gasteiger partial charge in [-0.2, -0.15) is 18.3 Å². The maximum Gasteiger partial charge on any atom is 2.00 e. The first-order chi connectivity index (χ1) is 22.8. The molecule has 0 aliphatic heterocycles. The summed E-state index contributed by atoms with van der Waals surface area (Å²) in [6, 6.07) is 9.78. The number of nitrogens with zero attached hydrogens (tertiary/aromatic N) is 3. The van der Waals surface area contributed by atoms with Crippen LogP contribution in [0.4, 0.5) is 13.2 Å². The Balaban J connectivity index is 0. The summed E-state index contributed by atoms with van der Waals surface area (Å²) in [6.07, 6.45) is -2.09. The molecular formula is C28H31ClF3MnN7O2S8Zn. The van der Waals surface area contributed by atoms with Crippen molar-refractivity contribution in [2.75, 3.05) is 26.2 Å². The number of nitrogens with one attached hydrogen (secondary N) is 4. The van der Waals surface area contributed by atoms with Crippen LogP contribution in [0.5, 0.6) is 11.5 Å². The molecule has 3 aromatic rings. The Labute approximate surface area is 367 Å². The average molecular weight is 967 g/mol. The Morgan fingerprint density at radius 2 is 1.25 bits per heavy atom. The Morgan fingerprint density at radius 3 is 1.61 bits per heavy atom. The molecule has 1 radical (unpaired) electrons. The zero-order valence-corrected chi connectivity index (χ0v) is 38.3. The molecule has 1 heterocycles. The summed E-state index contributed by atoms with van der Waals surface area (Å²) in [4.78, 5) is 3.79. The van der Waals surface area contributed by atoms with Crippen LogP contribution in [0.3, 0.4) is 0 Å². The number of alkyl halides is 3. The van der Waals surface area contributed by atoms with E-state index < -0.39 is 23.3 Å². The van der Waals surface area contributed by atoms with E-state index in [-0.39, 0.29) is 54.4 Å². The fourth-order valence-electron chi connectivity index (χ4n) is 3.64. The molecule has 0 aliphatic rings. The largest absolute Gasteiger partial charge is 2.00 e. The number of aromatic nitrogens is 3. The number of rotatable bonds is 12. The third-order valence-electron chi connectivity index (χ3n) is 5.96. The minimum atomic E-state index is -4.69. The van der Waals surface area contributed by atoms with Crippen LogP contribution in [0.25, 0.3) is 0 Å². The van der Waals surface area contributed by atoms with Crippen LogP contribution < -0.4 is 26.0 Å². The normalized spacial score (nSPS) is 11.3. The number of thiocarbonyl (C=S) groups is 4. The quantitative estimate of drug-likeness (QED) is 0.0732. The molecule has 2 aromatic carbocycles. The van der Waals surface area contributed by atoms with Crippen molar-refractivity contribution in [2.24, 2.45) is 5.92 Å². The van der Waals surface area contributed by atoms with E-state index in [1.165, 1.54) is 29.5 Å². The molecule has 0 amide bonds. The third kappa shape index (κ3) is 22.1. The van der Waals surface area contributed by atoms with E-state index in [9.17, 15) is 18.3 Å². The molecule has 275 valence electrons. The fourth-order valence-corrected chi connectivity index (χ4v) is 4.58. The number of ether oxygens (including phenoxy) is 1. The predicted molar refractivity (Wildman–Crippen MR) is 214 cm³/mol. The van der Waals surface area contributed by atoms with Gasteiger partial charge in [-0.15, -0.1) is 0 Å². The van der Waals surface area contributed by atoms with Crippen molar-refractivity contribution in [3.05, 3.63) is 71.3 Å². The second-order valence-electron chi connectivity index (χ2n) is 9.79. The first-order valence-electron chi connectivity index (χ1n) is 13.8. The van der Waals surface area contributed by atoms with Gasteiger partial charge >= 0.3 is 42.7 Å². The van der Waals surface area contributed by atoms with Gasteiger partial charge in [0.15, 0.2) is 0 Å². The standard InChI is InChI=1S/C20H19ClF3N3O2.2C4H8N2S4.Mn.Zn/c1-13(2)19(28,10-27-12-25-11-26-27)17-8-7-16(9-18(17)20(22,23)24)29-15-5-3-14(21)4-6-15;2*7-3(8)5-1-2-6-4(9)10;;/h3-9,11-13,28H,10H2,1-2H3;2*1-2H2,(H2,5,7,8)(H2,6,9,10);;/q;;;2*+2/p-4. The minimum Gasteiger partial charge on any atom is -0.457 e. The first kappa shape index (κ1) is 52.1. The van der Waals surface area contributed by atoms with Crippen LogP contribution in [0.1, 0.15) is 25.0 Å². The van der Waals surface area contributed by atoms with Crippen molar-refractivity contribution in [3.63, 3.8) is 0 Å². The molecule has 3 rings (SSSR count). The Kier molecular flexibility index (Phi) is 27.3. The number of halogens is 4. The van der Waals surface area contributed by atoms with E-state index in [1.54, 1.807) is 38.1 Å². The molecule has 5 N–H and O–H groups in total. The van der Waals surface area contributed by atoms with Crippen LogP contribution in [0, 0.1) is 5.92 Å². The van der Waals surface area contributed by atoms with E-state index in [2.05, 4.69) is 131 Å². The summed E-state index contributed by atoms with van der Waals surface area (Å²) in [7, 11) is 0. The van der Waals surface area contributed by atoms with Crippen molar-refractivity contribution >= 4 is 128 Å². The zero-order valence-electron chi connectivity index (χ0n) is 26.9. The number of aliphatic hydroxyl groups is 1. The van der Waals surface area contributed by atoms with Gasteiger partial charge < -0.3 is 130 Å². The van der Waals surface area contributed by atoms with E-state index >= 15 is 0 Å². The summed E-state index contributed by atoms with van der Waals surface area (Å²) in [6.45, 7) is 5.78. The van der Waals surface area contributed by atoms with Crippen molar-refractivity contribution in [2.45, 2.75) is 32.2 Å². The molecule has 0 aliphatic carbocycles. The Hall–Kier alpha value is -0.997. The van der Waals surface area contributed by atoms with Crippen molar-refractivity contribution in [1.29, 1.82) is 0 Å². The minimum absolute atomic E-state index is 0. The van der Waals surface area contributed by atoms with Crippen LogP contribution in [0.2, 0.25) is 5.02 Å². The summed E-state index contributed by atoms with van der Waals surface area (Å²) < 4.78 is 49.9. The first-order valence-corrected chi connectivity index (χ1v) is 17.5. The topological polar surface area (TPSA) is 108 Å². The molecule has 0 fully saturated rings.